The summed E-state index contributed by atoms with van der Waals surface area (Å²) in [6.45, 7) is 4.56. The van der Waals surface area contributed by atoms with E-state index in [9.17, 15) is 4.79 Å². The molecule has 0 saturated carbocycles. The van der Waals surface area contributed by atoms with E-state index in [1.165, 1.54) is 0 Å². The Hall–Kier alpha value is -1.17. The Morgan fingerprint density at radius 1 is 1.39 bits per heavy atom. The van der Waals surface area contributed by atoms with Gasteiger partial charge in [0, 0.05) is 39.0 Å². The van der Waals surface area contributed by atoms with Crippen molar-refractivity contribution in [2.75, 3.05) is 32.8 Å². The van der Waals surface area contributed by atoms with Crippen LogP contribution in [0.5, 0.6) is 0 Å². The van der Waals surface area contributed by atoms with Crippen molar-refractivity contribution in [2.45, 2.75) is 38.3 Å². The minimum Gasteiger partial charge on any atom is -0.377 e. The van der Waals surface area contributed by atoms with Gasteiger partial charge in [-0.15, -0.1) is 0 Å². The van der Waals surface area contributed by atoms with Gasteiger partial charge in [0.25, 0.3) is 0 Å². The third kappa shape index (κ3) is 4.90. The van der Waals surface area contributed by atoms with Gasteiger partial charge in [0.1, 0.15) is 5.15 Å². The number of hydrogen-bond acceptors (Lipinski definition) is 4. The second-order valence-electron chi connectivity index (χ2n) is 6.38. The maximum absolute atomic E-state index is 12.5. The van der Waals surface area contributed by atoms with Crippen molar-refractivity contribution in [3.8, 4) is 0 Å². The minimum atomic E-state index is 0.223. The smallest absolute Gasteiger partial charge is 0.236 e. The zero-order valence-electron chi connectivity index (χ0n) is 13.4. The van der Waals surface area contributed by atoms with E-state index in [0.29, 0.717) is 18.2 Å². The summed E-state index contributed by atoms with van der Waals surface area (Å²) in [5.41, 5.74) is 1.08. The Labute approximate surface area is 142 Å². The molecule has 1 amide bonds. The fourth-order valence-corrected chi connectivity index (χ4v) is 3.51. The van der Waals surface area contributed by atoms with Crippen molar-refractivity contribution in [1.29, 1.82) is 0 Å². The maximum atomic E-state index is 12.5. The Balaban J connectivity index is 1.63. The molecule has 2 fully saturated rings. The molecule has 0 aromatic carbocycles. The standard InChI is InChI=1S/C17H24ClN3O2/c18-16-10-14(5-6-19-16)11-20(12-15-4-3-9-23-15)13-17(22)21-7-1-2-8-21/h5-6,10,15H,1-4,7-9,11-13H2/t15-/m0/s1. The molecule has 126 valence electrons. The van der Waals surface area contributed by atoms with Crippen LogP contribution in [0.25, 0.3) is 0 Å². The predicted molar refractivity (Wildman–Crippen MR) is 89.3 cm³/mol. The summed E-state index contributed by atoms with van der Waals surface area (Å²) in [4.78, 5) is 20.7. The van der Waals surface area contributed by atoms with Gasteiger partial charge >= 0.3 is 0 Å². The Bertz CT molecular complexity index is 528. The number of halogens is 1. The number of rotatable bonds is 6. The molecule has 0 unspecified atom stereocenters. The average Bonchev–Trinajstić information content (AvgIpc) is 3.20. The van der Waals surface area contributed by atoms with Gasteiger partial charge in [-0.25, -0.2) is 4.98 Å². The van der Waals surface area contributed by atoms with Gasteiger partial charge in [0.05, 0.1) is 12.6 Å². The first-order valence-corrected chi connectivity index (χ1v) is 8.80. The van der Waals surface area contributed by atoms with Gasteiger partial charge in [-0.3, -0.25) is 9.69 Å². The molecular formula is C17H24ClN3O2. The van der Waals surface area contributed by atoms with Crippen molar-refractivity contribution in [2.24, 2.45) is 0 Å². The van der Waals surface area contributed by atoms with Crippen LogP contribution < -0.4 is 0 Å². The molecular weight excluding hydrogens is 314 g/mol. The first-order valence-electron chi connectivity index (χ1n) is 8.43. The van der Waals surface area contributed by atoms with E-state index in [0.717, 1.165) is 57.5 Å². The Kier molecular flexibility index (Phi) is 5.86. The molecule has 3 heterocycles. The SMILES string of the molecule is O=C(CN(Cc1ccnc(Cl)c1)C[C@@H]1CCCO1)N1CCCC1. The minimum absolute atomic E-state index is 0.223. The molecule has 1 atom stereocenters. The number of hydrogen-bond donors (Lipinski definition) is 0. The lowest BCUT2D eigenvalue weighted by atomic mass is 10.2. The second kappa shape index (κ2) is 8.08. The van der Waals surface area contributed by atoms with Gasteiger partial charge in [0.2, 0.25) is 5.91 Å². The first kappa shape index (κ1) is 16.7. The molecule has 2 aliphatic heterocycles. The number of carbonyl (C=O) groups excluding carboxylic acids is 1. The lowest BCUT2D eigenvalue weighted by Gasteiger charge is -2.27. The summed E-state index contributed by atoms with van der Waals surface area (Å²) in [5.74, 6) is 0.223. The van der Waals surface area contributed by atoms with Crippen molar-refractivity contribution in [3.05, 3.63) is 29.0 Å². The second-order valence-corrected chi connectivity index (χ2v) is 6.77. The summed E-state index contributed by atoms with van der Waals surface area (Å²) in [6, 6.07) is 3.82. The molecule has 0 spiro atoms. The summed E-state index contributed by atoms with van der Waals surface area (Å²) < 4.78 is 5.75. The fraction of sp³-hybridized carbons (Fsp3) is 0.647. The van der Waals surface area contributed by atoms with Crippen molar-refractivity contribution >= 4 is 17.5 Å². The van der Waals surface area contributed by atoms with Gasteiger partial charge in [-0.2, -0.15) is 0 Å². The van der Waals surface area contributed by atoms with Crippen LogP contribution in [0.2, 0.25) is 5.15 Å². The van der Waals surface area contributed by atoms with E-state index in [1.54, 1.807) is 6.20 Å². The van der Waals surface area contributed by atoms with Crippen LogP contribution in [0.1, 0.15) is 31.2 Å². The summed E-state index contributed by atoms with van der Waals surface area (Å²) >= 11 is 5.98. The van der Waals surface area contributed by atoms with Gasteiger partial charge in [-0.1, -0.05) is 11.6 Å². The van der Waals surface area contributed by atoms with E-state index in [4.69, 9.17) is 16.3 Å². The molecule has 0 aliphatic carbocycles. The lowest BCUT2D eigenvalue weighted by Crippen LogP contribution is -2.41. The Morgan fingerprint density at radius 3 is 2.91 bits per heavy atom. The Morgan fingerprint density at radius 2 is 2.22 bits per heavy atom. The predicted octanol–water partition coefficient (Wildman–Crippen LogP) is 2.34. The molecule has 23 heavy (non-hydrogen) atoms. The number of aromatic nitrogens is 1. The van der Waals surface area contributed by atoms with Crippen LogP contribution in [0.4, 0.5) is 0 Å². The van der Waals surface area contributed by atoms with E-state index >= 15 is 0 Å². The normalized spacial score (nSPS) is 21.3. The lowest BCUT2D eigenvalue weighted by molar-refractivity contribution is -0.131. The molecule has 2 aliphatic rings. The zero-order valence-corrected chi connectivity index (χ0v) is 14.2. The third-order valence-electron chi connectivity index (χ3n) is 4.50. The highest BCUT2D eigenvalue weighted by atomic mass is 35.5. The monoisotopic (exact) mass is 337 g/mol. The van der Waals surface area contributed by atoms with Crippen molar-refractivity contribution < 1.29 is 9.53 Å². The summed E-state index contributed by atoms with van der Waals surface area (Å²) in [6.07, 6.45) is 6.38. The summed E-state index contributed by atoms with van der Waals surface area (Å²) in [7, 11) is 0. The topological polar surface area (TPSA) is 45.7 Å². The number of likely N-dealkylation sites (tertiary alicyclic amines) is 1. The van der Waals surface area contributed by atoms with Gasteiger partial charge < -0.3 is 9.64 Å². The molecule has 2 saturated heterocycles. The number of pyridine rings is 1. The molecule has 0 bridgehead atoms. The molecule has 5 nitrogen and oxygen atoms in total. The summed E-state index contributed by atoms with van der Waals surface area (Å²) in [5, 5.41) is 0.491. The number of amides is 1. The molecule has 0 N–H and O–H groups in total. The fourth-order valence-electron chi connectivity index (χ4n) is 3.32. The quantitative estimate of drug-likeness (QED) is 0.747. The van der Waals surface area contributed by atoms with Crippen LogP contribution in [0.15, 0.2) is 18.3 Å². The highest BCUT2D eigenvalue weighted by Crippen LogP contribution is 2.17. The number of nitrogens with zero attached hydrogens (tertiary/aromatic N) is 3. The van der Waals surface area contributed by atoms with Crippen LogP contribution in [-0.2, 0) is 16.1 Å². The van der Waals surface area contributed by atoms with Crippen molar-refractivity contribution in [3.63, 3.8) is 0 Å². The van der Waals surface area contributed by atoms with Crippen LogP contribution in [0, 0.1) is 0 Å². The van der Waals surface area contributed by atoms with E-state index in [-0.39, 0.29) is 12.0 Å². The molecule has 6 heteroatoms. The van der Waals surface area contributed by atoms with E-state index in [2.05, 4.69) is 9.88 Å². The number of carbonyl (C=O) groups is 1. The molecule has 1 aromatic rings. The molecule has 0 radical (unpaired) electrons. The van der Waals surface area contributed by atoms with E-state index < -0.39 is 0 Å². The molecule has 1 aromatic heterocycles. The van der Waals surface area contributed by atoms with Gasteiger partial charge in [-0.05, 0) is 43.4 Å². The van der Waals surface area contributed by atoms with E-state index in [1.807, 2.05) is 17.0 Å². The highest BCUT2D eigenvalue weighted by molar-refractivity contribution is 6.29. The van der Waals surface area contributed by atoms with Crippen LogP contribution >= 0.6 is 11.6 Å². The largest absolute Gasteiger partial charge is 0.377 e. The zero-order chi connectivity index (χ0) is 16.1. The first-order chi connectivity index (χ1) is 11.2. The maximum Gasteiger partial charge on any atom is 0.236 e. The van der Waals surface area contributed by atoms with Crippen LogP contribution in [0.3, 0.4) is 0 Å². The molecule has 3 rings (SSSR count). The highest BCUT2D eigenvalue weighted by Gasteiger charge is 2.24. The average molecular weight is 338 g/mol. The van der Waals surface area contributed by atoms with Crippen molar-refractivity contribution in [1.82, 2.24) is 14.8 Å². The van der Waals surface area contributed by atoms with Crippen LogP contribution in [-0.4, -0.2) is 59.6 Å². The third-order valence-corrected chi connectivity index (χ3v) is 4.71. The van der Waals surface area contributed by atoms with Gasteiger partial charge in [0.15, 0.2) is 0 Å². The number of ether oxygens (including phenoxy) is 1.